The molecule has 2 aromatic carbocycles. The highest BCUT2D eigenvalue weighted by Gasteiger charge is 2.27. The molecule has 1 unspecified atom stereocenters. The molecule has 4 heterocycles. The van der Waals surface area contributed by atoms with E-state index in [1.165, 1.54) is 0 Å². The number of aryl methyl sites for hydroxylation is 1. The molecule has 3 aromatic heterocycles. The van der Waals surface area contributed by atoms with Gasteiger partial charge in [0, 0.05) is 37.5 Å². The van der Waals surface area contributed by atoms with E-state index < -0.39 is 0 Å². The smallest absolute Gasteiger partial charge is 0.155 e. The topological polar surface area (TPSA) is 77.5 Å². The number of piperazine rings is 1. The van der Waals surface area contributed by atoms with E-state index >= 15 is 0 Å². The van der Waals surface area contributed by atoms with Crippen LogP contribution in [0, 0.1) is 6.92 Å². The van der Waals surface area contributed by atoms with Gasteiger partial charge in [-0.2, -0.15) is 5.10 Å². The van der Waals surface area contributed by atoms with Gasteiger partial charge in [-0.15, -0.1) is 0 Å². The van der Waals surface area contributed by atoms with E-state index in [2.05, 4.69) is 39.1 Å². The first-order valence-corrected chi connectivity index (χ1v) is 12.7. The first-order valence-electron chi connectivity index (χ1n) is 12.7. The highest BCUT2D eigenvalue weighted by molar-refractivity contribution is 5.89. The SMILES string of the molecule is COc1ccc(N2CCN(C)CC2COc2cc(OC)cc3oc(-c4cn5nc(C)ccc5n4)cc23)cc1. The molecule has 0 spiro atoms. The van der Waals surface area contributed by atoms with Gasteiger partial charge in [0.25, 0.3) is 0 Å². The molecule has 9 nitrogen and oxygen atoms in total. The molecule has 5 aromatic rings. The van der Waals surface area contributed by atoms with Gasteiger partial charge < -0.3 is 28.4 Å². The third-order valence-corrected chi connectivity index (χ3v) is 7.04. The lowest BCUT2D eigenvalue weighted by Gasteiger charge is -2.41. The minimum absolute atomic E-state index is 0.169. The van der Waals surface area contributed by atoms with Crippen LogP contribution in [0.5, 0.6) is 17.2 Å². The van der Waals surface area contributed by atoms with Gasteiger partial charge in [0.15, 0.2) is 11.4 Å². The summed E-state index contributed by atoms with van der Waals surface area (Å²) in [5.41, 5.74) is 4.24. The molecule has 1 aliphatic rings. The summed E-state index contributed by atoms with van der Waals surface area (Å²) in [6, 6.07) is 18.0. The Hall–Kier alpha value is -4.24. The number of aromatic nitrogens is 3. The van der Waals surface area contributed by atoms with Crippen LogP contribution in [0.15, 0.2) is 65.2 Å². The third-order valence-electron chi connectivity index (χ3n) is 7.04. The molecular weight excluding hydrogens is 482 g/mol. The van der Waals surface area contributed by atoms with Gasteiger partial charge in [0.05, 0.1) is 37.5 Å². The molecule has 1 atom stereocenters. The highest BCUT2D eigenvalue weighted by Crippen LogP contribution is 2.37. The summed E-state index contributed by atoms with van der Waals surface area (Å²) < 4.78 is 25.4. The van der Waals surface area contributed by atoms with Gasteiger partial charge >= 0.3 is 0 Å². The van der Waals surface area contributed by atoms with Crippen LogP contribution in [-0.4, -0.2) is 73.0 Å². The lowest BCUT2D eigenvalue weighted by molar-refractivity contribution is 0.204. The Kier molecular flexibility index (Phi) is 6.29. The van der Waals surface area contributed by atoms with Gasteiger partial charge in [-0.05, 0) is 56.4 Å². The molecule has 1 fully saturated rings. The van der Waals surface area contributed by atoms with Crippen LogP contribution in [0.2, 0.25) is 0 Å². The van der Waals surface area contributed by atoms with Crippen molar-refractivity contribution in [1.82, 2.24) is 19.5 Å². The number of rotatable bonds is 7. The first kappa shape index (κ1) is 24.1. The molecule has 0 aliphatic carbocycles. The van der Waals surface area contributed by atoms with Crippen molar-refractivity contribution in [1.29, 1.82) is 0 Å². The summed E-state index contributed by atoms with van der Waals surface area (Å²) in [6.45, 7) is 5.27. The molecule has 1 saturated heterocycles. The normalized spacial score (nSPS) is 16.3. The fraction of sp³-hybridized carbons (Fsp3) is 0.310. The standard InChI is InChI=1S/C29H31N5O4/c1-19-5-10-29-30-25(17-34(29)31-19)28-15-24-26(13-23(36-4)14-27(24)38-28)37-18-21-16-32(2)11-12-33(21)20-6-8-22(35-3)9-7-20/h5-10,13-15,17,21H,11-12,16,18H2,1-4H3. The largest absolute Gasteiger partial charge is 0.497 e. The molecule has 0 amide bonds. The number of imidazole rings is 1. The zero-order valence-corrected chi connectivity index (χ0v) is 22.0. The van der Waals surface area contributed by atoms with Gasteiger partial charge in [-0.3, -0.25) is 0 Å². The second-order valence-corrected chi connectivity index (χ2v) is 9.67. The van der Waals surface area contributed by atoms with E-state index in [9.17, 15) is 0 Å². The Morgan fingerprint density at radius 1 is 0.974 bits per heavy atom. The van der Waals surface area contributed by atoms with Gasteiger partial charge in [0.2, 0.25) is 0 Å². The summed E-state index contributed by atoms with van der Waals surface area (Å²) in [6.07, 6.45) is 1.88. The van der Waals surface area contributed by atoms with E-state index in [0.29, 0.717) is 29.4 Å². The lowest BCUT2D eigenvalue weighted by Crippen LogP contribution is -2.54. The zero-order chi connectivity index (χ0) is 26.2. The number of anilines is 1. The predicted octanol–water partition coefficient (Wildman–Crippen LogP) is 4.67. The molecule has 0 saturated carbocycles. The monoisotopic (exact) mass is 513 g/mol. The van der Waals surface area contributed by atoms with E-state index in [-0.39, 0.29) is 6.04 Å². The minimum Gasteiger partial charge on any atom is -0.497 e. The van der Waals surface area contributed by atoms with Crippen molar-refractivity contribution < 1.29 is 18.6 Å². The Balaban J connectivity index is 1.30. The van der Waals surface area contributed by atoms with Crippen molar-refractivity contribution in [2.24, 2.45) is 0 Å². The maximum absolute atomic E-state index is 6.50. The van der Waals surface area contributed by atoms with E-state index in [1.54, 1.807) is 18.7 Å². The summed E-state index contributed by atoms with van der Waals surface area (Å²) in [4.78, 5) is 9.43. The number of ether oxygens (including phenoxy) is 3. The second kappa shape index (κ2) is 9.90. The van der Waals surface area contributed by atoms with Crippen molar-refractivity contribution in [3.63, 3.8) is 0 Å². The highest BCUT2D eigenvalue weighted by atomic mass is 16.5. The lowest BCUT2D eigenvalue weighted by atomic mass is 10.1. The van der Waals surface area contributed by atoms with Crippen molar-refractivity contribution in [2.45, 2.75) is 13.0 Å². The Morgan fingerprint density at radius 2 is 1.79 bits per heavy atom. The fourth-order valence-corrected chi connectivity index (χ4v) is 5.00. The van der Waals surface area contributed by atoms with E-state index in [1.807, 2.05) is 55.6 Å². The minimum atomic E-state index is 0.169. The van der Waals surface area contributed by atoms with E-state index in [4.69, 9.17) is 18.6 Å². The molecule has 6 rings (SSSR count). The molecular formula is C29H31N5O4. The fourth-order valence-electron chi connectivity index (χ4n) is 5.00. The van der Waals surface area contributed by atoms with Crippen molar-refractivity contribution >= 4 is 22.3 Å². The van der Waals surface area contributed by atoms with Crippen LogP contribution < -0.4 is 19.1 Å². The van der Waals surface area contributed by atoms with Crippen molar-refractivity contribution in [3.8, 4) is 28.7 Å². The summed E-state index contributed by atoms with van der Waals surface area (Å²) in [5, 5.41) is 5.38. The maximum atomic E-state index is 6.50. The van der Waals surface area contributed by atoms with Crippen LogP contribution >= 0.6 is 0 Å². The van der Waals surface area contributed by atoms with Crippen molar-refractivity contribution in [3.05, 3.63) is 66.5 Å². The third kappa shape index (κ3) is 4.61. The number of hydrogen-bond acceptors (Lipinski definition) is 8. The molecule has 196 valence electrons. The predicted molar refractivity (Wildman–Crippen MR) is 147 cm³/mol. The Bertz CT molecular complexity index is 1580. The maximum Gasteiger partial charge on any atom is 0.155 e. The molecule has 1 aliphatic heterocycles. The average molecular weight is 514 g/mol. The number of furan rings is 1. The van der Waals surface area contributed by atoms with Crippen LogP contribution in [0.4, 0.5) is 5.69 Å². The number of likely N-dealkylation sites (N-methyl/N-ethyl adjacent to an activating group) is 1. The van der Waals surface area contributed by atoms with Gasteiger partial charge in [0.1, 0.15) is 35.1 Å². The van der Waals surface area contributed by atoms with Gasteiger partial charge in [-0.1, -0.05) is 0 Å². The van der Waals surface area contributed by atoms with Crippen LogP contribution in [0.3, 0.4) is 0 Å². The van der Waals surface area contributed by atoms with Crippen molar-refractivity contribution in [2.75, 3.05) is 52.4 Å². The number of nitrogens with zero attached hydrogens (tertiary/aromatic N) is 5. The summed E-state index contributed by atoms with van der Waals surface area (Å²) >= 11 is 0. The first-order chi connectivity index (χ1) is 18.5. The van der Waals surface area contributed by atoms with Crippen LogP contribution in [0.1, 0.15) is 5.69 Å². The summed E-state index contributed by atoms with van der Waals surface area (Å²) in [5.74, 6) is 2.89. The van der Waals surface area contributed by atoms with Crippen LogP contribution in [-0.2, 0) is 0 Å². The Labute approximate surface area is 221 Å². The summed E-state index contributed by atoms with van der Waals surface area (Å²) in [7, 11) is 5.48. The number of benzene rings is 2. The molecule has 0 N–H and O–H groups in total. The number of hydrogen-bond donors (Lipinski definition) is 0. The Morgan fingerprint density at radius 3 is 2.58 bits per heavy atom. The van der Waals surface area contributed by atoms with Gasteiger partial charge in [-0.25, -0.2) is 9.50 Å². The number of fused-ring (bicyclic) bond motifs is 2. The molecule has 0 bridgehead atoms. The quantitative estimate of drug-likeness (QED) is 0.311. The second-order valence-electron chi connectivity index (χ2n) is 9.67. The molecule has 0 radical (unpaired) electrons. The average Bonchev–Trinajstić information content (AvgIpc) is 3.56. The molecule has 38 heavy (non-hydrogen) atoms. The number of methoxy groups -OCH3 is 2. The van der Waals surface area contributed by atoms with E-state index in [0.717, 1.165) is 53.5 Å². The molecule has 9 heteroatoms. The zero-order valence-electron chi connectivity index (χ0n) is 22.0. The van der Waals surface area contributed by atoms with Crippen LogP contribution in [0.25, 0.3) is 28.1 Å².